The van der Waals surface area contributed by atoms with Gasteiger partial charge in [-0.1, -0.05) is 29.3 Å². The SMILES string of the molecule is O=C(c1ccc(F)cc1)[C@H]1[C@H]2C(=O)N(c3cccc(Cl)c3Cl)C(=O)[C@@H]2[C@H]2CCCN21. The maximum absolute atomic E-state index is 13.5. The summed E-state index contributed by atoms with van der Waals surface area (Å²) >= 11 is 12.4. The van der Waals surface area contributed by atoms with Crippen molar-refractivity contribution in [1.82, 2.24) is 4.90 Å². The second-order valence-corrected chi connectivity index (χ2v) is 8.68. The highest BCUT2D eigenvalue weighted by atomic mass is 35.5. The van der Waals surface area contributed by atoms with Crippen molar-refractivity contribution in [3.63, 3.8) is 0 Å². The first-order valence-electron chi connectivity index (χ1n) is 9.77. The van der Waals surface area contributed by atoms with E-state index < -0.39 is 29.6 Å². The Morgan fingerprint density at radius 3 is 2.43 bits per heavy atom. The lowest BCUT2D eigenvalue weighted by Gasteiger charge is -2.27. The molecule has 3 aliphatic heterocycles. The summed E-state index contributed by atoms with van der Waals surface area (Å²) in [6.45, 7) is 0.647. The average molecular weight is 447 g/mol. The van der Waals surface area contributed by atoms with Crippen LogP contribution in [0, 0.1) is 17.7 Å². The molecule has 5 nitrogen and oxygen atoms in total. The largest absolute Gasteiger partial charge is 0.292 e. The van der Waals surface area contributed by atoms with Crippen molar-refractivity contribution in [2.24, 2.45) is 11.8 Å². The van der Waals surface area contributed by atoms with E-state index in [4.69, 9.17) is 23.2 Å². The smallest absolute Gasteiger partial charge is 0.239 e. The highest BCUT2D eigenvalue weighted by Crippen LogP contribution is 2.49. The van der Waals surface area contributed by atoms with Gasteiger partial charge in [-0.2, -0.15) is 0 Å². The molecule has 0 unspecified atom stereocenters. The molecule has 3 aliphatic rings. The maximum atomic E-state index is 13.5. The fraction of sp³-hybridized carbons (Fsp3) is 0.318. The lowest BCUT2D eigenvalue weighted by molar-refractivity contribution is -0.123. The zero-order valence-corrected chi connectivity index (χ0v) is 17.2. The van der Waals surface area contributed by atoms with Gasteiger partial charge in [0.1, 0.15) is 5.82 Å². The molecule has 0 saturated carbocycles. The number of fused-ring (bicyclic) bond motifs is 3. The van der Waals surface area contributed by atoms with Crippen LogP contribution in [0.25, 0.3) is 0 Å². The Hall–Kier alpha value is -2.28. The van der Waals surface area contributed by atoms with E-state index in [0.717, 1.165) is 17.7 Å². The number of carbonyl (C=O) groups excluding carboxylic acids is 3. The lowest BCUT2D eigenvalue weighted by Crippen LogP contribution is -2.46. The summed E-state index contributed by atoms with van der Waals surface area (Å²) < 4.78 is 13.3. The number of hydrogen-bond donors (Lipinski definition) is 0. The van der Waals surface area contributed by atoms with E-state index in [0.29, 0.717) is 12.1 Å². The van der Waals surface area contributed by atoms with E-state index in [-0.39, 0.29) is 33.5 Å². The molecule has 154 valence electrons. The maximum Gasteiger partial charge on any atom is 0.239 e. The van der Waals surface area contributed by atoms with E-state index in [9.17, 15) is 18.8 Å². The summed E-state index contributed by atoms with van der Waals surface area (Å²) in [5, 5.41) is 0.374. The summed E-state index contributed by atoms with van der Waals surface area (Å²) in [5.41, 5.74) is 0.568. The molecule has 0 spiro atoms. The Kier molecular flexibility index (Phi) is 4.69. The molecule has 0 N–H and O–H groups in total. The zero-order chi connectivity index (χ0) is 21.2. The van der Waals surface area contributed by atoms with Crippen molar-refractivity contribution in [2.45, 2.75) is 24.9 Å². The second kappa shape index (κ2) is 7.15. The summed E-state index contributed by atoms with van der Waals surface area (Å²) in [6, 6.07) is 9.14. The molecule has 8 heteroatoms. The number of nitrogens with zero attached hydrogens (tertiary/aromatic N) is 2. The Labute approximate surface area is 182 Å². The van der Waals surface area contributed by atoms with Gasteiger partial charge in [-0.15, -0.1) is 0 Å². The second-order valence-electron chi connectivity index (χ2n) is 7.90. The first-order valence-corrected chi connectivity index (χ1v) is 10.5. The highest BCUT2D eigenvalue weighted by molar-refractivity contribution is 6.45. The van der Waals surface area contributed by atoms with Crippen LogP contribution < -0.4 is 4.90 Å². The molecular weight excluding hydrogens is 430 g/mol. The Morgan fingerprint density at radius 1 is 1.00 bits per heavy atom. The van der Waals surface area contributed by atoms with Gasteiger partial charge in [0.2, 0.25) is 11.8 Å². The molecule has 3 fully saturated rings. The minimum atomic E-state index is -0.796. The summed E-state index contributed by atoms with van der Waals surface area (Å²) in [7, 11) is 0. The third-order valence-electron chi connectivity index (χ3n) is 6.42. The van der Waals surface area contributed by atoms with Gasteiger partial charge in [-0.3, -0.25) is 19.3 Å². The van der Waals surface area contributed by atoms with Gasteiger partial charge in [0.05, 0.1) is 33.6 Å². The van der Waals surface area contributed by atoms with E-state index in [1.54, 1.807) is 18.2 Å². The molecule has 0 bridgehead atoms. The van der Waals surface area contributed by atoms with Gasteiger partial charge in [-0.05, 0) is 55.8 Å². The van der Waals surface area contributed by atoms with Crippen molar-refractivity contribution in [3.05, 3.63) is 63.9 Å². The molecule has 3 heterocycles. The Balaban J connectivity index is 1.57. The quantitative estimate of drug-likeness (QED) is 0.528. The molecule has 2 amide bonds. The van der Waals surface area contributed by atoms with Crippen molar-refractivity contribution in [1.29, 1.82) is 0 Å². The molecule has 4 atom stereocenters. The zero-order valence-electron chi connectivity index (χ0n) is 15.7. The summed E-state index contributed by atoms with van der Waals surface area (Å²) in [6.07, 6.45) is 1.59. The molecular formula is C22H17Cl2FN2O3. The van der Waals surface area contributed by atoms with Crippen LogP contribution in [0.4, 0.5) is 10.1 Å². The molecule has 3 saturated heterocycles. The van der Waals surface area contributed by atoms with Gasteiger partial charge in [0.15, 0.2) is 5.78 Å². The van der Waals surface area contributed by atoms with Gasteiger partial charge in [0, 0.05) is 11.6 Å². The third kappa shape index (κ3) is 2.74. The number of anilines is 1. The number of Topliss-reactive ketones (excluding diaryl/α,β-unsaturated/α-hetero) is 1. The highest BCUT2D eigenvalue weighted by Gasteiger charge is 2.64. The van der Waals surface area contributed by atoms with Crippen LogP contribution >= 0.6 is 23.2 Å². The summed E-state index contributed by atoms with van der Waals surface area (Å²) in [4.78, 5) is 43.3. The number of hydrogen-bond acceptors (Lipinski definition) is 4. The number of imide groups is 1. The van der Waals surface area contributed by atoms with Crippen LogP contribution in [-0.4, -0.2) is 41.1 Å². The predicted octanol–water partition coefficient (Wildman–Crippen LogP) is 3.97. The molecule has 0 aromatic heterocycles. The first kappa shape index (κ1) is 19.7. The molecule has 2 aromatic rings. The third-order valence-corrected chi connectivity index (χ3v) is 7.23. The van der Waals surface area contributed by atoms with Crippen LogP contribution in [0.5, 0.6) is 0 Å². The lowest BCUT2D eigenvalue weighted by atomic mass is 9.85. The van der Waals surface area contributed by atoms with Crippen LogP contribution in [0.3, 0.4) is 0 Å². The minimum Gasteiger partial charge on any atom is -0.292 e. The number of benzene rings is 2. The van der Waals surface area contributed by atoms with Gasteiger partial charge in [-0.25, -0.2) is 9.29 Å². The van der Waals surface area contributed by atoms with Crippen LogP contribution in [0.15, 0.2) is 42.5 Å². The van der Waals surface area contributed by atoms with Crippen molar-refractivity contribution < 1.29 is 18.8 Å². The first-order chi connectivity index (χ1) is 14.4. The van der Waals surface area contributed by atoms with Crippen LogP contribution in [0.2, 0.25) is 10.0 Å². The van der Waals surface area contributed by atoms with E-state index >= 15 is 0 Å². The number of amides is 2. The van der Waals surface area contributed by atoms with Crippen LogP contribution in [-0.2, 0) is 9.59 Å². The molecule has 30 heavy (non-hydrogen) atoms. The van der Waals surface area contributed by atoms with Gasteiger partial charge >= 0.3 is 0 Å². The van der Waals surface area contributed by atoms with E-state index in [1.165, 1.54) is 24.3 Å². The monoisotopic (exact) mass is 446 g/mol. The predicted molar refractivity (Wildman–Crippen MR) is 110 cm³/mol. The molecule has 5 rings (SSSR count). The number of halogens is 3. The Morgan fingerprint density at radius 2 is 1.70 bits per heavy atom. The van der Waals surface area contributed by atoms with Gasteiger partial charge < -0.3 is 0 Å². The van der Waals surface area contributed by atoms with Crippen molar-refractivity contribution in [2.75, 3.05) is 11.4 Å². The van der Waals surface area contributed by atoms with E-state index in [2.05, 4.69) is 0 Å². The standard InChI is InChI=1S/C22H17Cl2FN2O3/c23-13-3-1-4-15(18(13)24)27-21(29)16-14-5-2-10-26(14)19(17(16)22(27)30)20(28)11-6-8-12(25)9-7-11/h1,3-4,6-9,14,16-17,19H,2,5,10H2/t14-,16-,17+,19-/m1/s1. The van der Waals surface area contributed by atoms with E-state index in [1.807, 2.05) is 4.90 Å². The normalized spacial score (nSPS) is 28.2. The molecule has 0 aliphatic carbocycles. The molecule has 0 radical (unpaired) electrons. The molecule has 2 aromatic carbocycles. The van der Waals surface area contributed by atoms with Crippen molar-refractivity contribution >= 4 is 46.5 Å². The fourth-order valence-electron chi connectivity index (χ4n) is 5.20. The van der Waals surface area contributed by atoms with Crippen molar-refractivity contribution in [3.8, 4) is 0 Å². The topological polar surface area (TPSA) is 57.7 Å². The minimum absolute atomic E-state index is 0.130. The Bertz CT molecular complexity index is 1070. The van der Waals surface area contributed by atoms with Crippen LogP contribution in [0.1, 0.15) is 23.2 Å². The van der Waals surface area contributed by atoms with Gasteiger partial charge in [0.25, 0.3) is 0 Å². The number of ketones is 1. The average Bonchev–Trinajstić information content (AvgIpc) is 3.37. The summed E-state index contributed by atoms with van der Waals surface area (Å²) in [5.74, 6) is -2.90. The fourth-order valence-corrected chi connectivity index (χ4v) is 5.58. The number of rotatable bonds is 3. The number of carbonyl (C=O) groups is 3.